The van der Waals surface area contributed by atoms with E-state index in [2.05, 4.69) is 10.0 Å². The summed E-state index contributed by atoms with van der Waals surface area (Å²) < 4.78 is 0. The Kier molecular flexibility index (Phi) is 3.74. The Morgan fingerprint density at radius 1 is 1.00 bits per heavy atom. The van der Waals surface area contributed by atoms with E-state index >= 15 is 0 Å². The van der Waals surface area contributed by atoms with E-state index < -0.39 is 0 Å². The molecule has 0 saturated heterocycles. The molecule has 0 aliphatic rings. The van der Waals surface area contributed by atoms with Crippen molar-refractivity contribution in [1.29, 1.82) is 0 Å². The van der Waals surface area contributed by atoms with Gasteiger partial charge in [0.1, 0.15) is 0 Å². The van der Waals surface area contributed by atoms with E-state index in [0.29, 0.717) is 5.56 Å². The summed E-state index contributed by atoms with van der Waals surface area (Å²) in [7, 11) is 0. The molecule has 0 spiro atoms. The van der Waals surface area contributed by atoms with E-state index in [1.807, 2.05) is 42.5 Å². The number of rotatable bonds is 4. The van der Waals surface area contributed by atoms with Gasteiger partial charge in [0.05, 0.1) is 6.54 Å². The summed E-state index contributed by atoms with van der Waals surface area (Å²) in [5.74, 6) is -0.174. The fraction of sp³-hybridized carbons (Fsp3) is 0.0714. The van der Waals surface area contributed by atoms with Crippen molar-refractivity contribution in [2.45, 2.75) is 0 Å². The van der Waals surface area contributed by atoms with Gasteiger partial charge in [0.25, 0.3) is 0 Å². The lowest BCUT2D eigenvalue weighted by Crippen LogP contribution is -2.02. The van der Waals surface area contributed by atoms with E-state index in [1.165, 1.54) is 0 Å². The first-order valence-electron chi connectivity index (χ1n) is 5.51. The van der Waals surface area contributed by atoms with E-state index in [9.17, 15) is 4.79 Å². The third kappa shape index (κ3) is 2.75. The minimum absolute atomic E-state index is 0.138. The number of hydrogen-bond acceptors (Lipinski definition) is 2. The minimum atomic E-state index is -0.174. The summed E-state index contributed by atoms with van der Waals surface area (Å²) in [4.78, 5) is 14.2. The highest BCUT2D eigenvalue weighted by Gasteiger charge is 2.04. The number of ketones is 1. The predicted molar refractivity (Wildman–Crippen MR) is 70.2 cm³/mol. The van der Waals surface area contributed by atoms with Crippen molar-refractivity contribution in [1.82, 2.24) is 0 Å². The fourth-order valence-electron chi connectivity index (χ4n) is 1.67. The monoisotopic (exact) mass is 237 g/mol. The average molecular weight is 237 g/mol. The lowest BCUT2D eigenvalue weighted by molar-refractivity contribution is 0.100. The van der Waals surface area contributed by atoms with Gasteiger partial charge in [-0.3, -0.25) is 4.79 Å². The maximum atomic E-state index is 11.6. The Balaban J connectivity index is 2.20. The minimum Gasteiger partial charge on any atom is -0.294 e. The number of carbonyl (C=O) groups is 1. The normalized spacial score (nSPS) is 9.56. The molecule has 18 heavy (non-hydrogen) atoms. The van der Waals surface area contributed by atoms with Crippen LogP contribution in [0, 0.1) is 0 Å². The van der Waals surface area contributed by atoms with Gasteiger partial charge in [-0.15, -0.1) is 0 Å². The molecule has 0 heterocycles. The SMILES string of the molecule is [N-]=[N+]=NCC(=O)c1ccc(-c2ccccc2)cc1. The molecular formula is C14H11N3O. The van der Waals surface area contributed by atoms with Gasteiger partial charge in [-0.1, -0.05) is 59.7 Å². The highest BCUT2D eigenvalue weighted by atomic mass is 16.1. The first-order valence-corrected chi connectivity index (χ1v) is 5.51. The molecule has 0 radical (unpaired) electrons. The van der Waals surface area contributed by atoms with E-state index in [1.54, 1.807) is 12.1 Å². The van der Waals surface area contributed by atoms with Gasteiger partial charge in [-0.25, -0.2) is 0 Å². The smallest absolute Gasteiger partial charge is 0.168 e. The van der Waals surface area contributed by atoms with Gasteiger partial charge in [0, 0.05) is 10.5 Å². The third-order valence-corrected chi connectivity index (χ3v) is 2.59. The van der Waals surface area contributed by atoms with Crippen LogP contribution in [-0.4, -0.2) is 12.3 Å². The van der Waals surface area contributed by atoms with Crippen molar-refractivity contribution in [2.24, 2.45) is 5.11 Å². The second kappa shape index (κ2) is 5.66. The molecule has 2 rings (SSSR count). The molecular weight excluding hydrogens is 226 g/mol. The topological polar surface area (TPSA) is 65.8 Å². The van der Waals surface area contributed by atoms with Crippen molar-refractivity contribution in [3.63, 3.8) is 0 Å². The number of carbonyl (C=O) groups excluding carboxylic acids is 1. The molecule has 88 valence electrons. The molecule has 2 aromatic carbocycles. The van der Waals surface area contributed by atoms with Crippen LogP contribution in [0.1, 0.15) is 10.4 Å². The van der Waals surface area contributed by atoms with Crippen LogP contribution in [0.15, 0.2) is 59.7 Å². The molecule has 0 amide bonds. The van der Waals surface area contributed by atoms with Crippen molar-refractivity contribution in [3.8, 4) is 11.1 Å². The van der Waals surface area contributed by atoms with Gasteiger partial charge >= 0.3 is 0 Å². The van der Waals surface area contributed by atoms with Gasteiger partial charge in [-0.05, 0) is 16.7 Å². The number of nitrogens with zero attached hydrogens (tertiary/aromatic N) is 3. The number of azide groups is 1. The van der Waals surface area contributed by atoms with Gasteiger partial charge in [0.15, 0.2) is 5.78 Å². The Bertz CT molecular complexity index is 584. The first kappa shape index (κ1) is 11.9. The Hall–Kier alpha value is -2.58. The van der Waals surface area contributed by atoms with E-state index in [4.69, 9.17) is 5.53 Å². The highest BCUT2D eigenvalue weighted by Crippen LogP contribution is 2.19. The fourth-order valence-corrected chi connectivity index (χ4v) is 1.67. The summed E-state index contributed by atoms with van der Waals surface area (Å²) in [5, 5.41) is 3.26. The quantitative estimate of drug-likeness (QED) is 0.344. The van der Waals surface area contributed by atoms with Gasteiger partial charge < -0.3 is 0 Å². The summed E-state index contributed by atoms with van der Waals surface area (Å²) >= 11 is 0. The second-order valence-electron chi connectivity index (χ2n) is 3.76. The molecule has 2 aromatic rings. The highest BCUT2D eigenvalue weighted by molar-refractivity contribution is 5.98. The number of hydrogen-bond donors (Lipinski definition) is 0. The third-order valence-electron chi connectivity index (χ3n) is 2.59. The lowest BCUT2D eigenvalue weighted by Gasteiger charge is -2.02. The zero-order valence-electron chi connectivity index (χ0n) is 9.65. The Labute approximate surface area is 105 Å². The molecule has 0 aliphatic heterocycles. The Morgan fingerprint density at radius 2 is 1.61 bits per heavy atom. The van der Waals surface area contributed by atoms with Crippen molar-refractivity contribution in [2.75, 3.05) is 6.54 Å². The Morgan fingerprint density at radius 3 is 2.22 bits per heavy atom. The summed E-state index contributed by atoms with van der Waals surface area (Å²) in [6, 6.07) is 17.2. The maximum absolute atomic E-state index is 11.6. The molecule has 0 fully saturated rings. The standard InChI is InChI=1S/C14H11N3O/c15-17-16-10-14(18)13-8-6-12(7-9-13)11-4-2-1-3-5-11/h1-9H,10H2. The molecule has 0 bridgehead atoms. The first-order chi connectivity index (χ1) is 8.81. The average Bonchev–Trinajstić information content (AvgIpc) is 2.46. The molecule has 0 atom stereocenters. The molecule has 0 unspecified atom stereocenters. The van der Waals surface area contributed by atoms with Gasteiger partial charge in [-0.2, -0.15) is 0 Å². The second-order valence-corrected chi connectivity index (χ2v) is 3.76. The van der Waals surface area contributed by atoms with Crippen LogP contribution in [0.3, 0.4) is 0 Å². The number of benzene rings is 2. The molecule has 0 aromatic heterocycles. The van der Waals surface area contributed by atoms with Crippen LogP contribution in [-0.2, 0) is 0 Å². The van der Waals surface area contributed by atoms with E-state index in [-0.39, 0.29) is 12.3 Å². The van der Waals surface area contributed by atoms with Crippen LogP contribution >= 0.6 is 0 Å². The van der Waals surface area contributed by atoms with E-state index in [0.717, 1.165) is 11.1 Å². The van der Waals surface area contributed by atoms with Crippen molar-refractivity contribution >= 4 is 5.78 Å². The zero-order chi connectivity index (χ0) is 12.8. The van der Waals surface area contributed by atoms with Crippen LogP contribution in [0.25, 0.3) is 21.6 Å². The lowest BCUT2D eigenvalue weighted by atomic mass is 10.0. The summed E-state index contributed by atoms with van der Waals surface area (Å²) in [5.41, 5.74) is 10.9. The largest absolute Gasteiger partial charge is 0.294 e. The summed E-state index contributed by atoms with van der Waals surface area (Å²) in [6.07, 6.45) is 0. The molecule has 0 aliphatic carbocycles. The molecule has 4 nitrogen and oxygen atoms in total. The van der Waals surface area contributed by atoms with Crippen LogP contribution in [0.5, 0.6) is 0 Å². The van der Waals surface area contributed by atoms with Crippen LogP contribution in [0.4, 0.5) is 0 Å². The molecule has 0 saturated carbocycles. The van der Waals surface area contributed by atoms with Crippen LogP contribution < -0.4 is 0 Å². The predicted octanol–water partition coefficient (Wildman–Crippen LogP) is 3.85. The zero-order valence-corrected chi connectivity index (χ0v) is 9.65. The molecule has 4 heteroatoms. The summed E-state index contributed by atoms with van der Waals surface area (Å²) in [6.45, 7) is -0.138. The van der Waals surface area contributed by atoms with Gasteiger partial charge in [0.2, 0.25) is 0 Å². The van der Waals surface area contributed by atoms with Crippen molar-refractivity contribution < 1.29 is 4.79 Å². The molecule has 0 N–H and O–H groups in total. The number of Topliss-reactive ketones (excluding diaryl/α,β-unsaturated/α-hetero) is 1. The maximum Gasteiger partial charge on any atom is 0.168 e. The van der Waals surface area contributed by atoms with Crippen molar-refractivity contribution in [3.05, 3.63) is 70.6 Å². The van der Waals surface area contributed by atoms with Crippen LogP contribution in [0.2, 0.25) is 0 Å².